The second-order valence-corrected chi connectivity index (χ2v) is 5.19. The van der Waals surface area contributed by atoms with Crippen LogP contribution in [0.5, 0.6) is 0 Å². The van der Waals surface area contributed by atoms with E-state index in [1.807, 2.05) is 36.4 Å². The van der Waals surface area contributed by atoms with Crippen LogP contribution < -0.4 is 5.32 Å². The van der Waals surface area contributed by atoms with Crippen molar-refractivity contribution in [3.05, 3.63) is 71.6 Å². The van der Waals surface area contributed by atoms with Crippen molar-refractivity contribution < 1.29 is 4.79 Å². The van der Waals surface area contributed by atoms with Crippen LogP contribution >= 0.6 is 0 Å². The lowest BCUT2D eigenvalue weighted by molar-refractivity contribution is -0.116. The van der Waals surface area contributed by atoms with Crippen LogP contribution in [0, 0.1) is 0 Å². The topological polar surface area (TPSA) is 42.0 Å². The highest BCUT2D eigenvalue weighted by molar-refractivity contribution is 5.91. The summed E-state index contributed by atoms with van der Waals surface area (Å²) in [5.41, 5.74) is 3.17. The van der Waals surface area contributed by atoms with Gasteiger partial charge in [0, 0.05) is 12.3 Å². The predicted octanol–water partition coefficient (Wildman–Crippen LogP) is 3.53. The number of benzene rings is 1. The van der Waals surface area contributed by atoms with Gasteiger partial charge in [-0.05, 0) is 35.3 Å². The van der Waals surface area contributed by atoms with E-state index in [1.54, 1.807) is 12.3 Å². The second kappa shape index (κ2) is 7.39. The molecule has 0 unspecified atom stereocenters. The Morgan fingerprint density at radius 3 is 2.57 bits per heavy atom. The summed E-state index contributed by atoms with van der Waals surface area (Å²) in [4.78, 5) is 15.9. The number of nitrogens with one attached hydrogen (secondary N) is 1. The maximum absolute atomic E-state index is 11.7. The van der Waals surface area contributed by atoms with E-state index in [0.717, 1.165) is 11.3 Å². The van der Waals surface area contributed by atoms with Crippen LogP contribution in [0.4, 0.5) is 0 Å². The largest absolute Gasteiger partial charge is 0.347 e. The van der Waals surface area contributed by atoms with Gasteiger partial charge in [0.2, 0.25) is 5.91 Å². The highest BCUT2D eigenvalue weighted by Crippen LogP contribution is 2.15. The monoisotopic (exact) mass is 280 g/mol. The predicted molar refractivity (Wildman–Crippen MR) is 85.6 cm³/mol. The lowest BCUT2D eigenvalue weighted by atomic mass is 10.0. The first-order valence-corrected chi connectivity index (χ1v) is 7.11. The van der Waals surface area contributed by atoms with Gasteiger partial charge in [-0.2, -0.15) is 0 Å². The number of carbonyl (C=O) groups is 1. The van der Waals surface area contributed by atoms with Gasteiger partial charge in [0.15, 0.2) is 0 Å². The zero-order chi connectivity index (χ0) is 15.1. The number of carbonyl (C=O) groups excluding carboxylic acids is 1. The van der Waals surface area contributed by atoms with Gasteiger partial charge in [0.1, 0.15) is 0 Å². The Kier molecular flexibility index (Phi) is 5.27. The average Bonchev–Trinajstić information content (AvgIpc) is 2.52. The molecule has 2 rings (SSSR count). The van der Waals surface area contributed by atoms with Crippen LogP contribution in [-0.2, 0) is 11.3 Å². The van der Waals surface area contributed by atoms with Gasteiger partial charge < -0.3 is 5.32 Å². The second-order valence-electron chi connectivity index (χ2n) is 5.19. The minimum absolute atomic E-state index is 0.117. The van der Waals surface area contributed by atoms with Crippen molar-refractivity contribution in [2.45, 2.75) is 26.3 Å². The lowest BCUT2D eigenvalue weighted by Crippen LogP contribution is -2.20. The van der Waals surface area contributed by atoms with Crippen molar-refractivity contribution in [2.24, 2.45) is 0 Å². The van der Waals surface area contributed by atoms with E-state index >= 15 is 0 Å². The van der Waals surface area contributed by atoms with Crippen LogP contribution in [0.25, 0.3) is 6.08 Å². The van der Waals surface area contributed by atoms with Gasteiger partial charge in [0.05, 0.1) is 12.2 Å². The lowest BCUT2D eigenvalue weighted by Gasteiger charge is -2.04. The van der Waals surface area contributed by atoms with Gasteiger partial charge in [-0.3, -0.25) is 9.78 Å². The number of amides is 1. The summed E-state index contributed by atoms with van der Waals surface area (Å²) < 4.78 is 0. The summed E-state index contributed by atoms with van der Waals surface area (Å²) in [6.07, 6.45) is 5.08. The van der Waals surface area contributed by atoms with Crippen molar-refractivity contribution >= 4 is 12.0 Å². The molecular weight excluding hydrogens is 260 g/mol. The summed E-state index contributed by atoms with van der Waals surface area (Å²) in [7, 11) is 0. The van der Waals surface area contributed by atoms with E-state index in [-0.39, 0.29) is 5.91 Å². The molecule has 0 spiro atoms. The fourth-order valence-electron chi connectivity index (χ4n) is 1.90. The Labute approximate surface area is 125 Å². The molecule has 1 heterocycles. The first-order chi connectivity index (χ1) is 10.1. The van der Waals surface area contributed by atoms with Crippen molar-refractivity contribution in [1.29, 1.82) is 0 Å². The van der Waals surface area contributed by atoms with E-state index in [4.69, 9.17) is 0 Å². The summed E-state index contributed by atoms with van der Waals surface area (Å²) in [6, 6.07) is 13.9. The number of pyridine rings is 1. The van der Waals surface area contributed by atoms with Crippen LogP contribution in [0.2, 0.25) is 0 Å². The normalized spacial score (nSPS) is 11.0. The Bertz CT molecular complexity index is 601. The first kappa shape index (κ1) is 15.0. The smallest absolute Gasteiger partial charge is 0.244 e. The molecular formula is C18H20N2O. The third kappa shape index (κ3) is 4.88. The fraction of sp³-hybridized carbons (Fsp3) is 0.222. The third-order valence-corrected chi connectivity index (χ3v) is 3.20. The maximum atomic E-state index is 11.7. The standard InChI is InChI=1S/C18H20N2O/c1-14(2)16-9-6-15(7-10-16)8-11-18(21)20-13-17-5-3-4-12-19-17/h3-12,14H,13H2,1-2H3,(H,20,21). The van der Waals surface area contributed by atoms with E-state index in [0.29, 0.717) is 12.5 Å². The molecule has 0 atom stereocenters. The summed E-state index contributed by atoms with van der Waals surface area (Å²) in [5.74, 6) is 0.401. The van der Waals surface area contributed by atoms with Gasteiger partial charge in [-0.1, -0.05) is 44.2 Å². The van der Waals surface area contributed by atoms with Crippen molar-refractivity contribution in [3.8, 4) is 0 Å². The van der Waals surface area contributed by atoms with Crippen molar-refractivity contribution in [3.63, 3.8) is 0 Å². The van der Waals surface area contributed by atoms with Crippen LogP contribution in [0.15, 0.2) is 54.7 Å². The minimum atomic E-state index is -0.117. The maximum Gasteiger partial charge on any atom is 0.244 e. The number of rotatable bonds is 5. The molecule has 1 aromatic heterocycles. The summed E-state index contributed by atoms with van der Waals surface area (Å²) in [5, 5.41) is 2.81. The Morgan fingerprint density at radius 1 is 1.19 bits per heavy atom. The van der Waals surface area contributed by atoms with Gasteiger partial charge in [-0.25, -0.2) is 0 Å². The highest BCUT2D eigenvalue weighted by atomic mass is 16.1. The molecule has 1 N–H and O–H groups in total. The van der Waals surface area contributed by atoms with Gasteiger partial charge >= 0.3 is 0 Å². The van der Waals surface area contributed by atoms with E-state index < -0.39 is 0 Å². The number of hydrogen-bond acceptors (Lipinski definition) is 2. The third-order valence-electron chi connectivity index (χ3n) is 3.20. The molecule has 0 saturated heterocycles. The fourth-order valence-corrected chi connectivity index (χ4v) is 1.90. The summed E-state index contributed by atoms with van der Waals surface area (Å²) >= 11 is 0. The average molecular weight is 280 g/mol. The van der Waals surface area contributed by atoms with E-state index in [2.05, 4.69) is 36.3 Å². The van der Waals surface area contributed by atoms with Crippen LogP contribution in [0.1, 0.15) is 36.6 Å². The number of aromatic nitrogens is 1. The molecule has 0 radical (unpaired) electrons. The van der Waals surface area contributed by atoms with Gasteiger partial charge in [-0.15, -0.1) is 0 Å². The first-order valence-electron chi connectivity index (χ1n) is 7.11. The molecule has 0 bridgehead atoms. The molecule has 108 valence electrons. The summed E-state index contributed by atoms with van der Waals surface area (Å²) in [6.45, 7) is 4.77. The Hall–Kier alpha value is -2.42. The molecule has 2 aromatic rings. The molecule has 0 aliphatic heterocycles. The quantitative estimate of drug-likeness (QED) is 0.851. The SMILES string of the molecule is CC(C)c1ccc(C=CC(=O)NCc2ccccn2)cc1. The molecule has 0 fully saturated rings. The highest BCUT2D eigenvalue weighted by Gasteiger charge is 1.99. The number of nitrogens with zero attached hydrogens (tertiary/aromatic N) is 1. The molecule has 3 heteroatoms. The van der Waals surface area contributed by atoms with Crippen molar-refractivity contribution in [2.75, 3.05) is 0 Å². The van der Waals surface area contributed by atoms with Crippen LogP contribution in [-0.4, -0.2) is 10.9 Å². The molecule has 0 aliphatic rings. The van der Waals surface area contributed by atoms with Crippen molar-refractivity contribution in [1.82, 2.24) is 10.3 Å². The Balaban J connectivity index is 1.87. The Morgan fingerprint density at radius 2 is 1.95 bits per heavy atom. The molecule has 1 aromatic carbocycles. The van der Waals surface area contributed by atoms with Crippen LogP contribution in [0.3, 0.4) is 0 Å². The zero-order valence-corrected chi connectivity index (χ0v) is 12.4. The van der Waals surface area contributed by atoms with Gasteiger partial charge in [0.25, 0.3) is 0 Å². The minimum Gasteiger partial charge on any atom is -0.347 e. The van der Waals surface area contributed by atoms with E-state index in [1.165, 1.54) is 5.56 Å². The molecule has 1 amide bonds. The molecule has 3 nitrogen and oxygen atoms in total. The van der Waals surface area contributed by atoms with E-state index in [9.17, 15) is 4.79 Å². The number of hydrogen-bond donors (Lipinski definition) is 1. The molecule has 0 aliphatic carbocycles. The zero-order valence-electron chi connectivity index (χ0n) is 12.4. The molecule has 0 saturated carbocycles. The molecule has 21 heavy (non-hydrogen) atoms.